The smallest absolute Gasteiger partial charge is 0.300 e. The molecule has 0 saturated carbocycles. The molecule has 1 fully saturated rings. The fraction of sp³-hybridized carbons (Fsp3) is 0.600. The van der Waals surface area contributed by atoms with E-state index in [9.17, 15) is 38.6 Å². The Morgan fingerprint density at radius 3 is 2.00 bits per heavy atom. The molecule has 0 aromatic heterocycles. The number of aldehydes is 1. The molecule has 46 heavy (non-hydrogen) atoms. The molecule has 252 valence electrons. The van der Waals surface area contributed by atoms with Gasteiger partial charge in [0.1, 0.15) is 12.3 Å². The summed E-state index contributed by atoms with van der Waals surface area (Å²) in [5.74, 6) is -2.94. The standard InChI is InChI=1S/C30H44N8O8/c1-2-10-31-26(40)9-11-32-30(44)25(7-8-27(41)34-45)33-28(42)20-23-3-5-24(6-4-23)21-37-14-12-36(18-19-39)13-15-38(17-16-37)22-29(43)35-46/h3-6,19,25H,2,7-18,20-22H2,1H3,(H,31,40)(H,32,44)(H,33,42). The molecule has 1 aromatic rings. The van der Waals surface area contributed by atoms with Crippen molar-refractivity contribution in [2.75, 3.05) is 65.4 Å². The highest BCUT2D eigenvalue weighted by molar-refractivity contribution is 5.89. The summed E-state index contributed by atoms with van der Waals surface area (Å²) >= 11 is 0. The fourth-order valence-corrected chi connectivity index (χ4v) is 4.82. The molecule has 0 aliphatic carbocycles. The third-order valence-corrected chi connectivity index (χ3v) is 7.41. The highest BCUT2D eigenvalue weighted by Gasteiger charge is 2.23. The lowest BCUT2D eigenvalue weighted by Gasteiger charge is -2.25. The average molecular weight is 645 g/mol. The molecule has 5 amide bonds. The number of nitroso groups, excluding NO2 is 2. The lowest BCUT2D eigenvalue weighted by molar-refractivity contribution is -0.129. The van der Waals surface area contributed by atoms with Crippen LogP contribution in [0, 0.1) is 9.81 Å². The maximum absolute atomic E-state index is 12.8. The van der Waals surface area contributed by atoms with Gasteiger partial charge in [-0.2, -0.15) is 0 Å². The number of rotatable bonds is 18. The Balaban J connectivity index is 1.97. The molecular weight excluding hydrogens is 600 g/mol. The van der Waals surface area contributed by atoms with Gasteiger partial charge in [-0.05, 0) is 24.0 Å². The molecule has 0 bridgehead atoms. The van der Waals surface area contributed by atoms with E-state index >= 15 is 0 Å². The first kappa shape index (κ1) is 37.9. The second-order valence-corrected chi connectivity index (χ2v) is 11.0. The lowest BCUT2D eigenvalue weighted by atomic mass is 10.1. The van der Waals surface area contributed by atoms with Crippen molar-refractivity contribution < 1.29 is 28.8 Å². The Kier molecular flexibility index (Phi) is 17.7. The summed E-state index contributed by atoms with van der Waals surface area (Å²) in [5.41, 5.74) is 1.66. The number of amides is 5. The van der Waals surface area contributed by atoms with Crippen molar-refractivity contribution in [1.29, 1.82) is 0 Å². The van der Waals surface area contributed by atoms with Gasteiger partial charge in [-0.3, -0.25) is 38.7 Å². The molecule has 1 unspecified atom stereocenters. The van der Waals surface area contributed by atoms with Gasteiger partial charge in [-0.1, -0.05) is 31.2 Å². The van der Waals surface area contributed by atoms with Crippen LogP contribution in [-0.4, -0.2) is 122 Å². The summed E-state index contributed by atoms with van der Waals surface area (Å²) in [4.78, 5) is 98.7. The molecule has 1 heterocycles. The molecule has 1 saturated heterocycles. The van der Waals surface area contributed by atoms with Crippen LogP contribution in [0.5, 0.6) is 0 Å². The number of carbonyl (C=O) groups excluding carboxylic acids is 6. The highest BCUT2D eigenvalue weighted by atomic mass is 16.3. The van der Waals surface area contributed by atoms with Gasteiger partial charge in [0.25, 0.3) is 11.8 Å². The van der Waals surface area contributed by atoms with Gasteiger partial charge >= 0.3 is 0 Å². The second-order valence-electron chi connectivity index (χ2n) is 11.0. The van der Waals surface area contributed by atoms with Gasteiger partial charge in [0, 0.05) is 82.1 Å². The van der Waals surface area contributed by atoms with Crippen molar-refractivity contribution in [3.63, 3.8) is 0 Å². The molecule has 1 aliphatic rings. The van der Waals surface area contributed by atoms with E-state index in [1.807, 2.05) is 28.9 Å². The predicted octanol–water partition coefficient (Wildman–Crippen LogP) is -0.269. The highest BCUT2D eigenvalue weighted by Crippen LogP contribution is 2.11. The minimum atomic E-state index is -1.09. The predicted molar refractivity (Wildman–Crippen MR) is 168 cm³/mol. The Bertz CT molecular complexity index is 1200. The summed E-state index contributed by atoms with van der Waals surface area (Å²) in [6, 6.07) is 6.28. The number of benzene rings is 1. The zero-order valence-corrected chi connectivity index (χ0v) is 26.3. The third kappa shape index (κ3) is 15.1. The number of nitrogens with zero attached hydrogens (tertiary/aromatic N) is 5. The molecule has 3 N–H and O–H groups in total. The van der Waals surface area contributed by atoms with E-state index in [1.165, 1.54) is 0 Å². The monoisotopic (exact) mass is 644 g/mol. The maximum atomic E-state index is 12.8. The minimum Gasteiger partial charge on any atom is -0.356 e. The van der Waals surface area contributed by atoms with Crippen LogP contribution in [0.25, 0.3) is 0 Å². The van der Waals surface area contributed by atoms with Crippen LogP contribution in [0.1, 0.15) is 43.7 Å². The first-order valence-electron chi connectivity index (χ1n) is 15.4. The van der Waals surface area contributed by atoms with Crippen LogP contribution < -0.4 is 16.0 Å². The van der Waals surface area contributed by atoms with Gasteiger partial charge in [0.15, 0.2) is 0 Å². The molecule has 1 aliphatic heterocycles. The van der Waals surface area contributed by atoms with E-state index in [1.54, 1.807) is 12.1 Å². The molecule has 1 atom stereocenters. The Hall–Kier alpha value is -4.28. The van der Waals surface area contributed by atoms with Crippen molar-refractivity contribution in [3.05, 3.63) is 45.2 Å². The number of nitrogens with one attached hydrogen (secondary N) is 3. The van der Waals surface area contributed by atoms with Crippen molar-refractivity contribution in [1.82, 2.24) is 30.7 Å². The normalized spacial score (nSPS) is 15.3. The topological polar surface area (TPSA) is 207 Å². The van der Waals surface area contributed by atoms with Crippen LogP contribution in [-0.2, 0) is 41.7 Å². The van der Waals surface area contributed by atoms with Crippen LogP contribution in [0.2, 0.25) is 0 Å². The SMILES string of the molecule is CCCNC(=O)CCNC(=O)C(CCC(=O)N=O)NC(=O)Cc1ccc(CN2CCN(CC=O)CCN(CC(=O)N=O)CC2)cc1. The minimum absolute atomic E-state index is 0.0402. The van der Waals surface area contributed by atoms with E-state index in [0.717, 1.165) is 18.3 Å². The van der Waals surface area contributed by atoms with Crippen LogP contribution in [0.3, 0.4) is 0 Å². The van der Waals surface area contributed by atoms with Gasteiger partial charge in [0.05, 0.1) is 19.5 Å². The zero-order chi connectivity index (χ0) is 33.7. The van der Waals surface area contributed by atoms with Gasteiger partial charge < -0.3 is 20.7 Å². The van der Waals surface area contributed by atoms with E-state index in [4.69, 9.17) is 0 Å². The molecule has 2 rings (SSSR count). The summed E-state index contributed by atoms with van der Waals surface area (Å²) in [5, 5.41) is 12.7. The second kappa shape index (κ2) is 21.5. The maximum Gasteiger partial charge on any atom is 0.300 e. The number of hydrogen-bond acceptors (Lipinski definition) is 11. The summed E-state index contributed by atoms with van der Waals surface area (Å²) in [6.07, 6.45) is 1.18. The van der Waals surface area contributed by atoms with Crippen LogP contribution >= 0.6 is 0 Å². The molecule has 1 aromatic carbocycles. The summed E-state index contributed by atoms with van der Waals surface area (Å²) in [7, 11) is 0. The molecule has 16 heteroatoms. The summed E-state index contributed by atoms with van der Waals surface area (Å²) in [6.45, 7) is 6.86. The first-order chi connectivity index (χ1) is 22.2. The Labute approximate surface area is 267 Å². The van der Waals surface area contributed by atoms with Crippen LogP contribution in [0.4, 0.5) is 0 Å². The van der Waals surface area contributed by atoms with Crippen molar-refractivity contribution in [2.24, 2.45) is 10.4 Å². The largest absolute Gasteiger partial charge is 0.356 e. The lowest BCUT2D eigenvalue weighted by Crippen LogP contribution is -2.48. The molecule has 16 nitrogen and oxygen atoms in total. The van der Waals surface area contributed by atoms with E-state index in [-0.39, 0.29) is 51.2 Å². The fourth-order valence-electron chi connectivity index (χ4n) is 4.82. The molecular formula is C30H44N8O8. The van der Waals surface area contributed by atoms with Gasteiger partial charge in [-0.15, -0.1) is 9.81 Å². The quantitative estimate of drug-likeness (QED) is 0.140. The Morgan fingerprint density at radius 2 is 1.39 bits per heavy atom. The molecule has 0 spiro atoms. The zero-order valence-electron chi connectivity index (χ0n) is 26.3. The van der Waals surface area contributed by atoms with Crippen molar-refractivity contribution in [3.8, 4) is 0 Å². The third-order valence-electron chi connectivity index (χ3n) is 7.41. The molecule has 0 radical (unpaired) electrons. The summed E-state index contributed by atoms with van der Waals surface area (Å²) < 4.78 is 0. The number of carbonyl (C=O) groups is 6. The Morgan fingerprint density at radius 1 is 0.783 bits per heavy atom. The van der Waals surface area contributed by atoms with E-state index < -0.39 is 29.7 Å². The van der Waals surface area contributed by atoms with Gasteiger partial charge in [-0.25, -0.2) is 0 Å². The average Bonchev–Trinajstić information content (AvgIpc) is 3.13. The first-order valence-corrected chi connectivity index (χ1v) is 15.4. The number of hydrogen-bond donors (Lipinski definition) is 3. The van der Waals surface area contributed by atoms with Crippen molar-refractivity contribution >= 4 is 35.8 Å². The van der Waals surface area contributed by atoms with Crippen molar-refractivity contribution in [2.45, 2.75) is 51.6 Å². The van der Waals surface area contributed by atoms with Crippen LogP contribution in [0.15, 0.2) is 34.6 Å². The van der Waals surface area contributed by atoms with E-state index in [2.05, 4.69) is 31.2 Å². The van der Waals surface area contributed by atoms with E-state index in [0.29, 0.717) is 57.9 Å². The van der Waals surface area contributed by atoms with Gasteiger partial charge in [0.2, 0.25) is 17.7 Å².